The molecule has 0 bridgehead atoms. The van der Waals surface area contributed by atoms with Crippen LogP contribution in [0.3, 0.4) is 0 Å². The van der Waals surface area contributed by atoms with Gasteiger partial charge in [0.05, 0.1) is 16.8 Å². The second kappa shape index (κ2) is 8.07. The molecule has 1 unspecified atom stereocenters. The predicted octanol–water partition coefficient (Wildman–Crippen LogP) is 2.25. The van der Waals surface area contributed by atoms with Crippen molar-refractivity contribution < 1.29 is 24.2 Å². The number of benzene rings is 2. The second-order valence-electron chi connectivity index (χ2n) is 5.61. The van der Waals surface area contributed by atoms with E-state index in [4.69, 9.17) is 21.1 Å². The summed E-state index contributed by atoms with van der Waals surface area (Å²) in [5, 5.41) is 15.4. The summed E-state index contributed by atoms with van der Waals surface area (Å²) in [6.45, 7) is 0.288. The number of rotatable bonds is 5. The van der Waals surface area contributed by atoms with Gasteiger partial charge in [-0.05, 0) is 36.2 Å². The van der Waals surface area contributed by atoms with Crippen LogP contribution in [0.2, 0.25) is 5.02 Å². The average Bonchev–Trinajstić information content (AvgIpc) is 3.11. The highest BCUT2D eigenvalue weighted by Crippen LogP contribution is 2.34. The molecule has 3 rings (SSSR count). The van der Waals surface area contributed by atoms with Crippen LogP contribution in [0.25, 0.3) is 0 Å². The maximum absolute atomic E-state index is 11.9. The van der Waals surface area contributed by atoms with Crippen molar-refractivity contribution in [1.82, 2.24) is 5.32 Å². The van der Waals surface area contributed by atoms with Crippen LogP contribution in [-0.2, 0) is 9.59 Å². The van der Waals surface area contributed by atoms with E-state index >= 15 is 0 Å². The Balaban J connectivity index is 1.47. The van der Waals surface area contributed by atoms with E-state index in [0.29, 0.717) is 27.8 Å². The zero-order chi connectivity index (χ0) is 18.5. The van der Waals surface area contributed by atoms with Crippen molar-refractivity contribution in [3.05, 3.63) is 53.1 Å². The molecular formula is C18H17ClN2O5. The van der Waals surface area contributed by atoms with E-state index in [1.54, 1.807) is 42.5 Å². The summed E-state index contributed by atoms with van der Waals surface area (Å²) in [5.74, 6) is -0.423. The van der Waals surface area contributed by atoms with E-state index in [1.807, 2.05) is 0 Å². The highest BCUT2D eigenvalue weighted by Gasteiger charge is 2.18. The topological polar surface area (TPSA) is 96.9 Å². The summed E-state index contributed by atoms with van der Waals surface area (Å²) in [4.78, 5) is 23.7. The molecule has 1 aliphatic heterocycles. The molecule has 1 atom stereocenters. The molecule has 136 valence electrons. The van der Waals surface area contributed by atoms with Crippen molar-refractivity contribution in [2.45, 2.75) is 12.5 Å². The standard InChI is InChI=1S/C18H17ClN2O5/c19-12-3-1-2-4-13(12)21-18(24)17(23)20-8-7-14(22)11-5-6-15-16(9-11)26-10-25-15/h1-6,9,14,22H,7-8,10H2,(H,20,23)(H,21,24). The fraction of sp³-hybridized carbons (Fsp3) is 0.222. The Kier molecular flexibility index (Phi) is 5.60. The van der Waals surface area contributed by atoms with Gasteiger partial charge in [0.25, 0.3) is 0 Å². The number of para-hydroxylation sites is 1. The summed E-state index contributed by atoms with van der Waals surface area (Å²) in [7, 11) is 0. The summed E-state index contributed by atoms with van der Waals surface area (Å²) in [5.41, 5.74) is 0.999. The number of amides is 2. The van der Waals surface area contributed by atoms with Crippen molar-refractivity contribution in [3.63, 3.8) is 0 Å². The van der Waals surface area contributed by atoms with Gasteiger partial charge < -0.3 is 25.2 Å². The minimum Gasteiger partial charge on any atom is -0.454 e. The van der Waals surface area contributed by atoms with Gasteiger partial charge in [0.15, 0.2) is 11.5 Å². The van der Waals surface area contributed by atoms with Crippen LogP contribution in [0, 0.1) is 0 Å². The Morgan fingerprint density at radius 2 is 1.88 bits per heavy atom. The van der Waals surface area contributed by atoms with Crippen LogP contribution < -0.4 is 20.1 Å². The van der Waals surface area contributed by atoms with E-state index < -0.39 is 17.9 Å². The van der Waals surface area contributed by atoms with Crippen LogP contribution >= 0.6 is 11.6 Å². The Morgan fingerprint density at radius 1 is 1.12 bits per heavy atom. The maximum atomic E-state index is 11.9. The monoisotopic (exact) mass is 376 g/mol. The van der Waals surface area contributed by atoms with Crippen molar-refractivity contribution in [2.24, 2.45) is 0 Å². The Bertz CT molecular complexity index is 827. The summed E-state index contributed by atoms with van der Waals surface area (Å²) >= 11 is 5.93. The molecule has 0 spiro atoms. The van der Waals surface area contributed by atoms with Gasteiger partial charge in [0, 0.05) is 6.54 Å². The minimum atomic E-state index is -0.823. The Labute approximate surface area is 154 Å². The maximum Gasteiger partial charge on any atom is 0.313 e. The van der Waals surface area contributed by atoms with Crippen LogP contribution in [0.5, 0.6) is 11.5 Å². The molecule has 2 amide bonds. The molecule has 26 heavy (non-hydrogen) atoms. The summed E-state index contributed by atoms with van der Waals surface area (Å²) in [6.07, 6.45) is -0.568. The number of fused-ring (bicyclic) bond motifs is 1. The molecule has 0 fully saturated rings. The predicted molar refractivity (Wildman–Crippen MR) is 95.2 cm³/mol. The molecule has 0 aromatic heterocycles. The molecule has 0 radical (unpaired) electrons. The van der Waals surface area contributed by atoms with Gasteiger partial charge in [-0.2, -0.15) is 0 Å². The number of halogens is 1. The first-order valence-electron chi connectivity index (χ1n) is 7.96. The number of ether oxygens (including phenoxy) is 2. The van der Waals surface area contributed by atoms with Crippen molar-refractivity contribution in [1.29, 1.82) is 0 Å². The summed E-state index contributed by atoms with van der Waals surface area (Å²) in [6, 6.07) is 11.8. The van der Waals surface area contributed by atoms with E-state index in [0.717, 1.165) is 0 Å². The third kappa shape index (κ3) is 4.25. The molecule has 2 aromatic carbocycles. The van der Waals surface area contributed by atoms with Gasteiger partial charge in [0.1, 0.15) is 0 Å². The van der Waals surface area contributed by atoms with Crippen molar-refractivity contribution >= 4 is 29.1 Å². The van der Waals surface area contributed by atoms with Gasteiger partial charge in [-0.1, -0.05) is 29.8 Å². The lowest BCUT2D eigenvalue weighted by Crippen LogP contribution is -2.36. The molecule has 2 aromatic rings. The molecule has 3 N–H and O–H groups in total. The van der Waals surface area contributed by atoms with Gasteiger partial charge in [-0.25, -0.2) is 0 Å². The van der Waals surface area contributed by atoms with Crippen LogP contribution in [0.15, 0.2) is 42.5 Å². The molecule has 8 heteroatoms. The lowest BCUT2D eigenvalue weighted by Gasteiger charge is -2.12. The normalized spacial score (nSPS) is 13.2. The highest BCUT2D eigenvalue weighted by molar-refractivity contribution is 6.41. The fourth-order valence-electron chi connectivity index (χ4n) is 2.43. The molecule has 0 aliphatic carbocycles. The Hall–Kier alpha value is -2.77. The first-order valence-corrected chi connectivity index (χ1v) is 8.33. The smallest absolute Gasteiger partial charge is 0.313 e. The quantitative estimate of drug-likeness (QED) is 0.695. The number of nitrogens with one attached hydrogen (secondary N) is 2. The van der Waals surface area contributed by atoms with Crippen LogP contribution in [0.1, 0.15) is 18.1 Å². The number of carbonyl (C=O) groups excluding carboxylic acids is 2. The lowest BCUT2D eigenvalue weighted by atomic mass is 10.1. The Morgan fingerprint density at radius 3 is 2.69 bits per heavy atom. The van der Waals surface area contributed by atoms with Crippen LogP contribution in [-0.4, -0.2) is 30.3 Å². The molecule has 7 nitrogen and oxygen atoms in total. The SMILES string of the molecule is O=C(NCCC(O)c1ccc2c(c1)OCO2)C(=O)Nc1ccccc1Cl. The summed E-state index contributed by atoms with van der Waals surface area (Å²) < 4.78 is 10.5. The van der Waals surface area contributed by atoms with Gasteiger partial charge in [-0.3, -0.25) is 9.59 Å². The van der Waals surface area contributed by atoms with Gasteiger partial charge in [-0.15, -0.1) is 0 Å². The second-order valence-corrected chi connectivity index (χ2v) is 6.01. The van der Waals surface area contributed by atoms with Crippen LogP contribution in [0.4, 0.5) is 5.69 Å². The number of hydrogen-bond donors (Lipinski definition) is 3. The van der Waals surface area contributed by atoms with E-state index in [2.05, 4.69) is 10.6 Å². The minimum absolute atomic E-state index is 0.129. The largest absolute Gasteiger partial charge is 0.454 e. The third-order valence-corrected chi connectivity index (χ3v) is 4.14. The zero-order valence-electron chi connectivity index (χ0n) is 13.7. The highest BCUT2D eigenvalue weighted by atomic mass is 35.5. The molecular weight excluding hydrogens is 360 g/mol. The van der Waals surface area contributed by atoms with Crippen molar-refractivity contribution in [3.8, 4) is 11.5 Å². The van der Waals surface area contributed by atoms with Crippen molar-refractivity contribution in [2.75, 3.05) is 18.7 Å². The average molecular weight is 377 g/mol. The molecule has 1 heterocycles. The number of aliphatic hydroxyl groups is 1. The lowest BCUT2D eigenvalue weighted by molar-refractivity contribution is -0.136. The third-order valence-electron chi connectivity index (χ3n) is 3.81. The number of carbonyl (C=O) groups is 2. The van der Waals surface area contributed by atoms with E-state index in [9.17, 15) is 14.7 Å². The first kappa shape index (κ1) is 18.0. The van der Waals surface area contributed by atoms with Gasteiger partial charge >= 0.3 is 11.8 Å². The van der Waals surface area contributed by atoms with E-state index in [-0.39, 0.29) is 19.8 Å². The number of hydrogen-bond acceptors (Lipinski definition) is 5. The van der Waals surface area contributed by atoms with E-state index in [1.165, 1.54) is 0 Å². The number of aliphatic hydroxyl groups excluding tert-OH is 1. The molecule has 0 saturated heterocycles. The first-order chi connectivity index (χ1) is 12.5. The fourth-order valence-corrected chi connectivity index (χ4v) is 2.61. The molecule has 0 saturated carbocycles. The van der Waals surface area contributed by atoms with Gasteiger partial charge in [0.2, 0.25) is 6.79 Å². The number of anilines is 1. The zero-order valence-corrected chi connectivity index (χ0v) is 14.5. The molecule has 1 aliphatic rings.